The average molecular weight is 280 g/mol. The SMILES string of the molecule is CCCN(Cc1ccc(C#N)cc1)C(=O)c1cnccn1. The van der Waals surface area contributed by atoms with Crippen molar-refractivity contribution in [3.8, 4) is 6.07 Å². The number of nitrogens with zero attached hydrogens (tertiary/aromatic N) is 4. The van der Waals surface area contributed by atoms with Crippen molar-refractivity contribution >= 4 is 5.91 Å². The Morgan fingerprint density at radius 1 is 1.29 bits per heavy atom. The van der Waals surface area contributed by atoms with Crippen molar-refractivity contribution in [3.05, 3.63) is 59.7 Å². The Labute approximate surface area is 123 Å². The van der Waals surface area contributed by atoms with Gasteiger partial charge in [-0.1, -0.05) is 19.1 Å². The smallest absolute Gasteiger partial charge is 0.274 e. The first-order valence-electron chi connectivity index (χ1n) is 6.79. The molecule has 2 rings (SSSR count). The third kappa shape index (κ3) is 3.86. The van der Waals surface area contributed by atoms with Gasteiger partial charge in [0.05, 0.1) is 17.8 Å². The summed E-state index contributed by atoms with van der Waals surface area (Å²) in [7, 11) is 0. The molecule has 1 amide bonds. The second-order valence-corrected chi connectivity index (χ2v) is 4.63. The van der Waals surface area contributed by atoms with Crippen LogP contribution in [-0.4, -0.2) is 27.3 Å². The first-order valence-corrected chi connectivity index (χ1v) is 6.79. The van der Waals surface area contributed by atoms with Gasteiger partial charge < -0.3 is 4.90 Å². The molecule has 0 spiro atoms. The van der Waals surface area contributed by atoms with Gasteiger partial charge in [-0.3, -0.25) is 9.78 Å². The molecule has 21 heavy (non-hydrogen) atoms. The van der Waals surface area contributed by atoms with Gasteiger partial charge in [-0.15, -0.1) is 0 Å². The van der Waals surface area contributed by atoms with E-state index in [1.807, 2.05) is 19.1 Å². The van der Waals surface area contributed by atoms with E-state index in [2.05, 4.69) is 16.0 Å². The van der Waals surface area contributed by atoms with Crippen molar-refractivity contribution in [2.75, 3.05) is 6.54 Å². The predicted octanol–water partition coefficient (Wildman–Crippen LogP) is 2.40. The fourth-order valence-corrected chi connectivity index (χ4v) is 2.00. The minimum absolute atomic E-state index is 0.130. The van der Waals surface area contributed by atoms with Crippen LogP contribution in [0.15, 0.2) is 42.9 Å². The number of carbonyl (C=O) groups is 1. The Balaban J connectivity index is 2.15. The first-order chi connectivity index (χ1) is 10.2. The molecule has 5 nitrogen and oxygen atoms in total. The van der Waals surface area contributed by atoms with Gasteiger partial charge in [0.15, 0.2) is 0 Å². The van der Waals surface area contributed by atoms with E-state index in [1.165, 1.54) is 12.4 Å². The molecule has 0 aliphatic heterocycles. The highest BCUT2D eigenvalue weighted by atomic mass is 16.2. The maximum atomic E-state index is 12.4. The lowest BCUT2D eigenvalue weighted by atomic mass is 10.1. The standard InChI is InChI=1S/C16H16N4O/c1-2-9-20(16(21)15-11-18-7-8-19-15)12-14-5-3-13(10-17)4-6-14/h3-8,11H,2,9,12H2,1H3. The van der Waals surface area contributed by atoms with Gasteiger partial charge in [0.25, 0.3) is 5.91 Å². The summed E-state index contributed by atoms with van der Waals surface area (Å²) in [4.78, 5) is 22.2. The van der Waals surface area contributed by atoms with Gasteiger partial charge in [-0.05, 0) is 24.1 Å². The van der Waals surface area contributed by atoms with E-state index >= 15 is 0 Å². The van der Waals surface area contributed by atoms with E-state index in [-0.39, 0.29) is 5.91 Å². The van der Waals surface area contributed by atoms with E-state index in [9.17, 15) is 4.79 Å². The number of hydrogen-bond acceptors (Lipinski definition) is 4. The molecule has 0 bridgehead atoms. The van der Waals surface area contributed by atoms with Crippen LogP contribution < -0.4 is 0 Å². The number of hydrogen-bond donors (Lipinski definition) is 0. The fourth-order valence-electron chi connectivity index (χ4n) is 2.00. The molecular weight excluding hydrogens is 264 g/mol. The zero-order valence-electron chi connectivity index (χ0n) is 11.9. The third-order valence-corrected chi connectivity index (χ3v) is 3.02. The quantitative estimate of drug-likeness (QED) is 0.843. The Morgan fingerprint density at radius 3 is 2.62 bits per heavy atom. The summed E-state index contributed by atoms with van der Waals surface area (Å²) < 4.78 is 0. The number of nitriles is 1. The summed E-state index contributed by atoms with van der Waals surface area (Å²) in [5, 5.41) is 8.80. The Hall–Kier alpha value is -2.74. The summed E-state index contributed by atoms with van der Waals surface area (Å²) in [6.07, 6.45) is 5.40. The minimum atomic E-state index is -0.130. The number of rotatable bonds is 5. The van der Waals surface area contributed by atoms with Crippen LogP contribution in [0.25, 0.3) is 0 Å². The maximum absolute atomic E-state index is 12.4. The topological polar surface area (TPSA) is 69.9 Å². The second kappa shape index (κ2) is 7.15. The second-order valence-electron chi connectivity index (χ2n) is 4.63. The van der Waals surface area contributed by atoms with Gasteiger partial charge in [0.1, 0.15) is 5.69 Å². The Bertz CT molecular complexity index is 632. The lowest BCUT2D eigenvalue weighted by molar-refractivity contribution is 0.0736. The summed E-state index contributed by atoms with van der Waals surface area (Å²) in [6, 6.07) is 9.33. The molecule has 0 unspecified atom stereocenters. The number of benzene rings is 1. The number of aromatic nitrogens is 2. The van der Waals surface area contributed by atoms with Crippen LogP contribution in [0.1, 0.15) is 35.0 Å². The molecule has 0 radical (unpaired) electrons. The van der Waals surface area contributed by atoms with Crippen LogP contribution in [0.3, 0.4) is 0 Å². The van der Waals surface area contributed by atoms with E-state index in [4.69, 9.17) is 5.26 Å². The van der Waals surface area contributed by atoms with Gasteiger partial charge in [0.2, 0.25) is 0 Å². The van der Waals surface area contributed by atoms with E-state index in [1.54, 1.807) is 23.2 Å². The molecule has 0 N–H and O–H groups in total. The molecule has 1 aromatic heterocycles. The molecule has 0 aliphatic rings. The van der Waals surface area contributed by atoms with Crippen molar-refractivity contribution < 1.29 is 4.79 Å². The predicted molar refractivity (Wildman–Crippen MR) is 78.2 cm³/mol. The summed E-state index contributed by atoms with van der Waals surface area (Å²) in [5.41, 5.74) is 1.94. The summed E-state index contributed by atoms with van der Waals surface area (Å²) >= 11 is 0. The molecule has 2 aromatic rings. The maximum Gasteiger partial charge on any atom is 0.274 e. The van der Waals surface area contributed by atoms with Crippen molar-refractivity contribution in [2.24, 2.45) is 0 Å². The fraction of sp³-hybridized carbons (Fsp3) is 0.250. The third-order valence-electron chi connectivity index (χ3n) is 3.02. The Morgan fingerprint density at radius 2 is 2.05 bits per heavy atom. The molecule has 0 aliphatic carbocycles. The van der Waals surface area contributed by atoms with Crippen LogP contribution >= 0.6 is 0 Å². The lowest BCUT2D eigenvalue weighted by Crippen LogP contribution is -2.32. The molecule has 106 valence electrons. The molecule has 0 atom stereocenters. The molecule has 0 saturated carbocycles. The lowest BCUT2D eigenvalue weighted by Gasteiger charge is -2.21. The van der Waals surface area contributed by atoms with E-state index < -0.39 is 0 Å². The highest BCUT2D eigenvalue weighted by Crippen LogP contribution is 2.10. The summed E-state index contributed by atoms with van der Waals surface area (Å²) in [6.45, 7) is 3.17. The van der Waals surface area contributed by atoms with Crippen LogP contribution in [-0.2, 0) is 6.54 Å². The van der Waals surface area contributed by atoms with Crippen LogP contribution in [0.4, 0.5) is 0 Å². The van der Waals surface area contributed by atoms with Crippen molar-refractivity contribution in [3.63, 3.8) is 0 Å². The summed E-state index contributed by atoms with van der Waals surface area (Å²) in [5.74, 6) is -0.130. The molecular formula is C16H16N4O. The minimum Gasteiger partial charge on any atom is -0.333 e. The number of amides is 1. The van der Waals surface area contributed by atoms with Gasteiger partial charge in [-0.25, -0.2) is 4.98 Å². The number of carbonyl (C=O) groups excluding carboxylic acids is 1. The van der Waals surface area contributed by atoms with Crippen molar-refractivity contribution in [1.82, 2.24) is 14.9 Å². The molecule has 1 heterocycles. The monoisotopic (exact) mass is 280 g/mol. The molecule has 5 heteroatoms. The van der Waals surface area contributed by atoms with Crippen LogP contribution in [0.2, 0.25) is 0 Å². The zero-order valence-corrected chi connectivity index (χ0v) is 11.9. The largest absolute Gasteiger partial charge is 0.333 e. The van der Waals surface area contributed by atoms with Gasteiger partial charge >= 0.3 is 0 Å². The van der Waals surface area contributed by atoms with Gasteiger partial charge in [-0.2, -0.15) is 5.26 Å². The molecule has 0 saturated heterocycles. The normalized spacial score (nSPS) is 9.90. The van der Waals surface area contributed by atoms with Crippen LogP contribution in [0, 0.1) is 11.3 Å². The van der Waals surface area contributed by atoms with E-state index in [0.29, 0.717) is 24.3 Å². The highest BCUT2D eigenvalue weighted by Gasteiger charge is 2.16. The molecule has 0 fully saturated rings. The van der Waals surface area contributed by atoms with Crippen molar-refractivity contribution in [2.45, 2.75) is 19.9 Å². The zero-order chi connectivity index (χ0) is 15.1. The average Bonchev–Trinajstić information content (AvgIpc) is 2.55. The Kier molecular flexibility index (Phi) is 4.99. The van der Waals surface area contributed by atoms with E-state index in [0.717, 1.165) is 12.0 Å². The van der Waals surface area contributed by atoms with Crippen LogP contribution in [0.5, 0.6) is 0 Å². The highest BCUT2D eigenvalue weighted by molar-refractivity contribution is 5.91. The first kappa shape index (κ1) is 14.7. The van der Waals surface area contributed by atoms with Gasteiger partial charge in [0, 0.05) is 25.5 Å². The van der Waals surface area contributed by atoms with Crippen molar-refractivity contribution in [1.29, 1.82) is 5.26 Å². The molecule has 1 aromatic carbocycles.